The van der Waals surface area contributed by atoms with Crippen molar-refractivity contribution in [2.75, 3.05) is 5.32 Å². The number of hydrogen-bond donors (Lipinski definition) is 3. The first-order valence-electron chi connectivity index (χ1n) is 9.90. The summed E-state index contributed by atoms with van der Waals surface area (Å²) < 4.78 is 43.7. The SMILES string of the molecule is CC1(C)CCC(O)(C(F)(F)F)C(Nc2cccc3[nH]c(=O)ccc23)c2ccc(Br)cc21. The molecule has 1 heterocycles. The molecule has 1 aromatic heterocycles. The number of aromatic nitrogens is 1. The summed E-state index contributed by atoms with van der Waals surface area (Å²) in [5.41, 5.74) is -1.82. The highest BCUT2D eigenvalue weighted by molar-refractivity contribution is 9.10. The van der Waals surface area contributed by atoms with Crippen LogP contribution in [-0.2, 0) is 5.41 Å². The minimum Gasteiger partial charge on any atom is -0.379 e. The van der Waals surface area contributed by atoms with Crippen LogP contribution in [0.4, 0.5) is 18.9 Å². The second-order valence-corrected chi connectivity index (χ2v) is 9.62. The molecule has 164 valence electrons. The fourth-order valence-electron chi connectivity index (χ4n) is 4.38. The zero-order chi connectivity index (χ0) is 22.6. The summed E-state index contributed by atoms with van der Waals surface area (Å²) in [4.78, 5) is 14.3. The second kappa shape index (κ2) is 7.38. The van der Waals surface area contributed by atoms with E-state index >= 15 is 0 Å². The van der Waals surface area contributed by atoms with E-state index in [-0.39, 0.29) is 12.0 Å². The van der Waals surface area contributed by atoms with E-state index in [4.69, 9.17) is 0 Å². The predicted octanol–water partition coefficient (Wildman–Crippen LogP) is 5.81. The summed E-state index contributed by atoms with van der Waals surface area (Å²) >= 11 is 3.42. The fourth-order valence-corrected chi connectivity index (χ4v) is 4.74. The number of hydrogen-bond acceptors (Lipinski definition) is 3. The summed E-state index contributed by atoms with van der Waals surface area (Å²) in [6, 6.07) is 11.6. The van der Waals surface area contributed by atoms with Crippen molar-refractivity contribution in [2.24, 2.45) is 0 Å². The highest BCUT2D eigenvalue weighted by Crippen LogP contribution is 2.52. The van der Waals surface area contributed by atoms with Crippen molar-refractivity contribution >= 4 is 32.5 Å². The third-order valence-corrected chi connectivity index (χ3v) is 6.71. The van der Waals surface area contributed by atoms with Gasteiger partial charge in [-0.05, 0) is 59.7 Å². The molecule has 2 aromatic carbocycles. The van der Waals surface area contributed by atoms with Crippen LogP contribution in [0.25, 0.3) is 10.9 Å². The molecule has 0 fully saturated rings. The zero-order valence-electron chi connectivity index (χ0n) is 17.0. The van der Waals surface area contributed by atoms with E-state index in [2.05, 4.69) is 26.2 Å². The van der Waals surface area contributed by atoms with Crippen LogP contribution in [0.3, 0.4) is 0 Å². The molecule has 3 N–H and O–H groups in total. The van der Waals surface area contributed by atoms with E-state index in [1.165, 1.54) is 6.07 Å². The van der Waals surface area contributed by atoms with E-state index in [1.54, 1.807) is 36.4 Å². The number of pyridine rings is 1. The Bertz CT molecular complexity index is 1210. The smallest absolute Gasteiger partial charge is 0.379 e. The van der Waals surface area contributed by atoms with Gasteiger partial charge >= 0.3 is 6.18 Å². The summed E-state index contributed by atoms with van der Waals surface area (Å²) in [5.74, 6) is 0. The normalized spacial score (nSPS) is 23.3. The summed E-state index contributed by atoms with van der Waals surface area (Å²) in [5, 5.41) is 14.7. The Balaban J connectivity index is 1.95. The highest BCUT2D eigenvalue weighted by Gasteiger charge is 2.61. The molecule has 3 aromatic rings. The largest absolute Gasteiger partial charge is 0.419 e. The maximum Gasteiger partial charge on any atom is 0.419 e. The van der Waals surface area contributed by atoms with Gasteiger partial charge in [-0.3, -0.25) is 4.79 Å². The molecule has 2 unspecified atom stereocenters. The van der Waals surface area contributed by atoms with Gasteiger partial charge < -0.3 is 15.4 Å². The average Bonchev–Trinajstić information content (AvgIpc) is 2.77. The summed E-state index contributed by atoms with van der Waals surface area (Å²) in [6.45, 7) is 3.78. The lowest BCUT2D eigenvalue weighted by Gasteiger charge is -2.38. The number of nitrogens with one attached hydrogen (secondary N) is 2. The number of rotatable bonds is 2. The van der Waals surface area contributed by atoms with E-state index < -0.39 is 29.7 Å². The molecule has 0 saturated carbocycles. The Hall–Kier alpha value is -2.32. The lowest BCUT2D eigenvalue weighted by Crippen LogP contribution is -2.52. The number of fused-ring (bicyclic) bond motifs is 2. The monoisotopic (exact) mass is 494 g/mol. The minimum absolute atomic E-state index is 0.160. The predicted molar refractivity (Wildman–Crippen MR) is 118 cm³/mol. The maximum atomic E-state index is 14.3. The van der Waals surface area contributed by atoms with Gasteiger partial charge in [0.2, 0.25) is 5.56 Å². The molecule has 2 atom stereocenters. The Labute approximate surface area is 185 Å². The van der Waals surface area contributed by atoms with Gasteiger partial charge in [0.25, 0.3) is 0 Å². The van der Waals surface area contributed by atoms with E-state index in [0.717, 1.165) is 10.0 Å². The van der Waals surface area contributed by atoms with Crippen LogP contribution in [-0.4, -0.2) is 21.9 Å². The van der Waals surface area contributed by atoms with Crippen LogP contribution < -0.4 is 10.9 Å². The lowest BCUT2D eigenvalue weighted by atomic mass is 9.79. The number of aliphatic hydroxyl groups is 1. The summed E-state index contributed by atoms with van der Waals surface area (Å²) in [7, 11) is 0. The van der Waals surface area contributed by atoms with Crippen molar-refractivity contribution in [1.82, 2.24) is 4.98 Å². The van der Waals surface area contributed by atoms with Gasteiger partial charge in [-0.25, -0.2) is 0 Å². The molecule has 8 heteroatoms. The molecular weight excluding hydrogens is 473 g/mol. The standard InChI is InChI=1S/C23H22BrF3N2O2/c1-21(2)10-11-22(31,23(25,26)27)20(14-7-6-13(24)12-16(14)21)29-18-5-3-4-17-15(18)8-9-19(30)28-17/h3-9,12,20,29,31H,10-11H2,1-2H3,(H,28,30). The van der Waals surface area contributed by atoms with Crippen LogP contribution in [0.2, 0.25) is 0 Å². The summed E-state index contributed by atoms with van der Waals surface area (Å²) in [6.07, 6.45) is -5.14. The third kappa shape index (κ3) is 3.76. The molecule has 31 heavy (non-hydrogen) atoms. The molecule has 0 radical (unpaired) electrons. The molecule has 0 spiro atoms. The molecule has 0 bridgehead atoms. The van der Waals surface area contributed by atoms with Gasteiger partial charge in [0, 0.05) is 21.6 Å². The van der Waals surface area contributed by atoms with Gasteiger partial charge in [-0.2, -0.15) is 13.2 Å². The van der Waals surface area contributed by atoms with Gasteiger partial charge in [0.1, 0.15) is 0 Å². The fraction of sp³-hybridized carbons (Fsp3) is 0.348. The van der Waals surface area contributed by atoms with Gasteiger partial charge in [-0.15, -0.1) is 0 Å². The molecule has 4 rings (SSSR count). The van der Waals surface area contributed by atoms with Crippen molar-refractivity contribution in [2.45, 2.75) is 49.9 Å². The number of aromatic amines is 1. The zero-order valence-corrected chi connectivity index (χ0v) is 18.6. The van der Waals surface area contributed by atoms with Crippen molar-refractivity contribution in [1.29, 1.82) is 0 Å². The van der Waals surface area contributed by atoms with Gasteiger partial charge in [0.15, 0.2) is 5.60 Å². The number of H-pyrrole nitrogens is 1. The van der Waals surface area contributed by atoms with Crippen molar-refractivity contribution in [3.8, 4) is 0 Å². The average molecular weight is 495 g/mol. The van der Waals surface area contributed by atoms with Crippen LogP contribution in [0, 0.1) is 0 Å². The first kappa shape index (κ1) is 21.9. The molecule has 0 aliphatic heterocycles. The number of halogens is 4. The Morgan fingerprint density at radius 2 is 1.87 bits per heavy atom. The quantitative estimate of drug-likeness (QED) is 0.394. The first-order chi connectivity index (χ1) is 14.4. The van der Waals surface area contributed by atoms with Crippen molar-refractivity contribution in [3.05, 3.63) is 74.5 Å². The molecule has 0 amide bonds. The highest BCUT2D eigenvalue weighted by atomic mass is 79.9. The molecule has 0 saturated heterocycles. The van der Waals surface area contributed by atoms with E-state index in [0.29, 0.717) is 22.2 Å². The van der Waals surface area contributed by atoms with E-state index in [9.17, 15) is 23.1 Å². The minimum atomic E-state index is -4.85. The Morgan fingerprint density at radius 1 is 1.13 bits per heavy atom. The van der Waals surface area contributed by atoms with Crippen molar-refractivity contribution < 1.29 is 18.3 Å². The lowest BCUT2D eigenvalue weighted by molar-refractivity contribution is -0.269. The molecule has 1 aliphatic carbocycles. The third-order valence-electron chi connectivity index (χ3n) is 6.22. The molecule has 1 aliphatic rings. The van der Waals surface area contributed by atoms with Gasteiger partial charge in [0.05, 0.1) is 11.6 Å². The molecular formula is C23H22BrF3N2O2. The second-order valence-electron chi connectivity index (χ2n) is 8.70. The van der Waals surface area contributed by atoms with Gasteiger partial charge in [-0.1, -0.05) is 41.9 Å². The number of alkyl halides is 3. The Morgan fingerprint density at radius 3 is 2.58 bits per heavy atom. The number of anilines is 1. The maximum absolute atomic E-state index is 14.3. The van der Waals surface area contributed by atoms with Crippen LogP contribution in [0.5, 0.6) is 0 Å². The van der Waals surface area contributed by atoms with Crippen LogP contribution in [0.15, 0.2) is 57.8 Å². The van der Waals surface area contributed by atoms with E-state index in [1.807, 2.05) is 19.9 Å². The van der Waals surface area contributed by atoms with Crippen LogP contribution in [0.1, 0.15) is 43.9 Å². The number of benzene rings is 2. The molecule has 4 nitrogen and oxygen atoms in total. The first-order valence-corrected chi connectivity index (χ1v) is 10.7. The topological polar surface area (TPSA) is 65.1 Å². The Kier molecular flexibility index (Phi) is 5.21. The van der Waals surface area contributed by atoms with Crippen molar-refractivity contribution in [3.63, 3.8) is 0 Å². The van der Waals surface area contributed by atoms with Crippen LogP contribution >= 0.6 is 15.9 Å².